The first-order valence-corrected chi connectivity index (χ1v) is 12.7. The van der Waals surface area contributed by atoms with Crippen LogP contribution in [0.25, 0.3) is 0 Å². The van der Waals surface area contributed by atoms with Crippen LogP contribution < -0.4 is 4.90 Å². The minimum absolute atomic E-state index is 0.0153. The van der Waals surface area contributed by atoms with Crippen molar-refractivity contribution >= 4 is 11.5 Å². The molecule has 188 valence electrons. The maximum absolute atomic E-state index is 11.6. The monoisotopic (exact) mass is 492 g/mol. The molecule has 0 saturated carbocycles. The smallest absolute Gasteiger partial charge is 0.159 e. The fraction of sp³-hybridized carbons (Fsp3) is 0.219. The van der Waals surface area contributed by atoms with Gasteiger partial charge in [0, 0.05) is 49.9 Å². The van der Waals surface area contributed by atoms with Crippen LogP contribution in [0.2, 0.25) is 0 Å². The molecule has 5 rings (SSSR count). The quantitative estimate of drug-likeness (QED) is 0.252. The molecule has 1 fully saturated rings. The van der Waals surface area contributed by atoms with Crippen LogP contribution in [0.5, 0.6) is 11.5 Å². The molecule has 5 nitrogen and oxygen atoms in total. The zero-order chi connectivity index (χ0) is 25.8. The molecule has 0 bridgehead atoms. The summed E-state index contributed by atoms with van der Waals surface area (Å²) in [6.45, 7) is 6.21. The van der Waals surface area contributed by atoms with Crippen LogP contribution in [0, 0.1) is 0 Å². The first-order chi connectivity index (χ1) is 18.0. The van der Waals surface area contributed by atoms with Gasteiger partial charge in [-0.3, -0.25) is 9.69 Å². The Morgan fingerprint density at radius 3 is 1.81 bits per heavy atom. The number of Topliss-reactive ketones (excluding diaryl/α,β-unsaturated/α-hetero) is 1. The minimum atomic E-state index is -0.0153. The van der Waals surface area contributed by atoms with Crippen molar-refractivity contribution in [3.8, 4) is 11.5 Å². The lowest BCUT2D eigenvalue weighted by atomic mass is 9.82. The first-order valence-electron chi connectivity index (χ1n) is 12.7. The number of phenolic OH excluding ortho intramolecular Hbond substituents is 2. The van der Waals surface area contributed by atoms with Gasteiger partial charge in [-0.05, 0) is 77.7 Å². The van der Waals surface area contributed by atoms with Crippen LogP contribution >= 0.6 is 0 Å². The lowest BCUT2D eigenvalue weighted by Gasteiger charge is -2.36. The number of phenols is 2. The maximum Gasteiger partial charge on any atom is 0.159 e. The summed E-state index contributed by atoms with van der Waals surface area (Å²) in [5.74, 6) is 0.567. The Balaban J connectivity index is 1.36. The molecule has 37 heavy (non-hydrogen) atoms. The fourth-order valence-electron chi connectivity index (χ4n) is 5.16. The van der Waals surface area contributed by atoms with E-state index in [2.05, 4.69) is 34.1 Å². The van der Waals surface area contributed by atoms with Gasteiger partial charge in [0.25, 0.3) is 0 Å². The van der Waals surface area contributed by atoms with Crippen LogP contribution in [-0.2, 0) is 6.54 Å². The maximum atomic E-state index is 11.6. The van der Waals surface area contributed by atoms with Crippen molar-refractivity contribution < 1.29 is 15.0 Å². The van der Waals surface area contributed by atoms with Crippen molar-refractivity contribution in [2.75, 3.05) is 31.1 Å². The molecule has 1 saturated heterocycles. The number of carbonyl (C=O) groups is 1. The molecule has 0 atom stereocenters. The summed E-state index contributed by atoms with van der Waals surface area (Å²) in [6, 6.07) is 31.3. The van der Waals surface area contributed by atoms with Crippen molar-refractivity contribution in [1.29, 1.82) is 0 Å². The summed E-state index contributed by atoms with van der Waals surface area (Å²) in [5, 5.41) is 19.7. The minimum Gasteiger partial charge on any atom is -0.508 e. The highest BCUT2D eigenvalue weighted by Gasteiger charge is 2.23. The predicted molar refractivity (Wildman–Crippen MR) is 148 cm³/mol. The molecule has 0 unspecified atom stereocenters. The van der Waals surface area contributed by atoms with E-state index in [1.807, 2.05) is 48.5 Å². The third-order valence-electron chi connectivity index (χ3n) is 7.22. The number of nitrogens with zero attached hydrogens (tertiary/aromatic N) is 2. The van der Waals surface area contributed by atoms with Gasteiger partial charge in [-0.1, -0.05) is 48.5 Å². The zero-order valence-electron chi connectivity index (χ0n) is 21.0. The van der Waals surface area contributed by atoms with E-state index in [1.165, 1.54) is 11.1 Å². The summed E-state index contributed by atoms with van der Waals surface area (Å²) >= 11 is 0. The van der Waals surface area contributed by atoms with E-state index in [1.54, 1.807) is 31.2 Å². The highest BCUT2D eigenvalue weighted by molar-refractivity contribution is 5.94. The molecule has 1 heterocycles. The zero-order valence-corrected chi connectivity index (χ0v) is 21.0. The molecule has 1 aliphatic rings. The van der Waals surface area contributed by atoms with E-state index in [0.29, 0.717) is 0 Å². The fourth-order valence-corrected chi connectivity index (χ4v) is 5.16. The molecule has 4 aromatic carbocycles. The number of ketones is 1. The van der Waals surface area contributed by atoms with Gasteiger partial charge in [0.15, 0.2) is 5.78 Å². The van der Waals surface area contributed by atoms with Crippen molar-refractivity contribution in [1.82, 2.24) is 4.90 Å². The standard InChI is InChI=1S/C32H32N2O3/c1-23(35)24-6-12-28(13-7-24)34-20-18-33(19-21-34)22-27-4-2-3-5-31(27)32(25-8-14-29(36)15-9-25)26-10-16-30(37)17-11-26/h2-17,32,36-37H,18-22H2,1H3. The van der Waals surface area contributed by atoms with Crippen molar-refractivity contribution in [3.63, 3.8) is 0 Å². The summed E-state index contributed by atoms with van der Waals surface area (Å²) in [4.78, 5) is 16.5. The van der Waals surface area contributed by atoms with E-state index in [0.717, 1.165) is 55.1 Å². The van der Waals surface area contributed by atoms with Gasteiger partial charge in [-0.25, -0.2) is 0 Å². The molecular weight excluding hydrogens is 460 g/mol. The molecule has 0 amide bonds. The Kier molecular flexibility index (Phi) is 7.24. The van der Waals surface area contributed by atoms with Gasteiger partial charge < -0.3 is 15.1 Å². The van der Waals surface area contributed by atoms with E-state index in [4.69, 9.17) is 0 Å². The molecule has 0 spiro atoms. The van der Waals surface area contributed by atoms with Gasteiger partial charge in [0.05, 0.1) is 0 Å². The number of anilines is 1. The SMILES string of the molecule is CC(=O)c1ccc(N2CCN(Cc3ccccc3C(c3ccc(O)cc3)c3ccc(O)cc3)CC2)cc1. The Bertz CT molecular complexity index is 1290. The third-order valence-corrected chi connectivity index (χ3v) is 7.22. The average Bonchev–Trinajstić information content (AvgIpc) is 2.92. The summed E-state index contributed by atoms with van der Waals surface area (Å²) in [7, 11) is 0. The highest BCUT2D eigenvalue weighted by atomic mass is 16.3. The number of benzene rings is 4. The Morgan fingerprint density at radius 1 is 0.730 bits per heavy atom. The molecular formula is C32H32N2O3. The average molecular weight is 493 g/mol. The Morgan fingerprint density at radius 2 is 1.27 bits per heavy atom. The lowest BCUT2D eigenvalue weighted by molar-refractivity contribution is 0.101. The first kappa shape index (κ1) is 24.6. The van der Waals surface area contributed by atoms with Crippen molar-refractivity contribution in [2.45, 2.75) is 19.4 Å². The Labute approximate surface area is 218 Å². The van der Waals surface area contributed by atoms with Gasteiger partial charge in [-0.2, -0.15) is 0 Å². The number of piperazine rings is 1. The third kappa shape index (κ3) is 5.68. The normalized spacial score (nSPS) is 14.2. The van der Waals surface area contributed by atoms with Gasteiger partial charge in [-0.15, -0.1) is 0 Å². The van der Waals surface area contributed by atoms with Gasteiger partial charge in [0.1, 0.15) is 11.5 Å². The largest absolute Gasteiger partial charge is 0.508 e. The van der Waals surface area contributed by atoms with Gasteiger partial charge in [0.2, 0.25) is 0 Å². The molecule has 0 aliphatic carbocycles. The second kappa shape index (κ2) is 10.9. The number of hydrogen-bond donors (Lipinski definition) is 2. The molecule has 2 N–H and O–H groups in total. The number of carbonyl (C=O) groups excluding carboxylic acids is 1. The summed E-state index contributed by atoms with van der Waals surface area (Å²) in [5.41, 5.74) is 6.58. The lowest BCUT2D eigenvalue weighted by Crippen LogP contribution is -2.46. The highest BCUT2D eigenvalue weighted by Crippen LogP contribution is 2.36. The second-order valence-corrected chi connectivity index (χ2v) is 9.68. The van der Waals surface area contributed by atoms with Gasteiger partial charge >= 0.3 is 0 Å². The summed E-state index contributed by atoms with van der Waals surface area (Å²) < 4.78 is 0. The molecule has 1 aliphatic heterocycles. The van der Waals surface area contributed by atoms with Crippen molar-refractivity contribution in [3.05, 3.63) is 125 Å². The number of hydrogen-bond acceptors (Lipinski definition) is 5. The number of rotatable bonds is 7. The number of aromatic hydroxyl groups is 2. The van der Waals surface area contributed by atoms with E-state index < -0.39 is 0 Å². The van der Waals surface area contributed by atoms with E-state index in [9.17, 15) is 15.0 Å². The van der Waals surface area contributed by atoms with Crippen LogP contribution in [-0.4, -0.2) is 47.1 Å². The molecule has 0 aromatic heterocycles. The van der Waals surface area contributed by atoms with Crippen LogP contribution in [0.1, 0.15) is 45.5 Å². The van der Waals surface area contributed by atoms with Crippen LogP contribution in [0.15, 0.2) is 97.1 Å². The van der Waals surface area contributed by atoms with Crippen LogP contribution in [0.3, 0.4) is 0 Å². The second-order valence-electron chi connectivity index (χ2n) is 9.68. The summed E-state index contributed by atoms with van der Waals surface area (Å²) in [6.07, 6.45) is 0. The topological polar surface area (TPSA) is 64.0 Å². The van der Waals surface area contributed by atoms with Crippen LogP contribution in [0.4, 0.5) is 5.69 Å². The Hall–Kier alpha value is -4.09. The predicted octanol–water partition coefficient (Wildman–Crippen LogP) is 5.80. The molecule has 0 radical (unpaired) electrons. The molecule has 5 heteroatoms. The van der Waals surface area contributed by atoms with E-state index >= 15 is 0 Å². The van der Waals surface area contributed by atoms with E-state index in [-0.39, 0.29) is 23.2 Å². The van der Waals surface area contributed by atoms with Crippen molar-refractivity contribution in [2.24, 2.45) is 0 Å². The molecule has 4 aromatic rings.